The molecular weight excluding hydrogens is 382 g/mol. The monoisotopic (exact) mass is 386 g/mol. The minimum atomic E-state index is -0.0517. The van der Waals surface area contributed by atoms with Crippen LogP contribution < -0.4 is 0 Å². The van der Waals surface area contributed by atoms with Gasteiger partial charge in [0.05, 0.1) is 20.1 Å². The van der Waals surface area contributed by atoms with Gasteiger partial charge >= 0.3 is 0 Å². The molecule has 0 radical (unpaired) electrons. The molecule has 0 atom stereocenters. The lowest BCUT2D eigenvalue weighted by Crippen LogP contribution is -1.77. The van der Waals surface area contributed by atoms with Crippen molar-refractivity contribution in [1.82, 2.24) is 0 Å². The van der Waals surface area contributed by atoms with E-state index in [1.54, 1.807) is 0 Å². The van der Waals surface area contributed by atoms with Crippen molar-refractivity contribution < 1.29 is 10.2 Å². The molecule has 2 N–H and O–H groups in total. The van der Waals surface area contributed by atoms with E-state index < -0.39 is 0 Å². The molecule has 0 spiro atoms. The summed E-state index contributed by atoms with van der Waals surface area (Å²) in [5.74, 6) is -0.103. The van der Waals surface area contributed by atoms with E-state index in [1.807, 2.05) is 0 Å². The Balaban J connectivity index is 2.21. The summed E-state index contributed by atoms with van der Waals surface area (Å²) in [5.41, 5.74) is 0. The van der Waals surface area contributed by atoms with E-state index in [-0.39, 0.29) is 21.5 Å². The maximum absolute atomic E-state index is 9.56. The minimum absolute atomic E-state index is 0.0517. The van der Waals surface area contributed by atoms with Crippen LogP contribution >= 0.6 is 68.0 Å². The second-order valence-corrected chi connectivity index (χ2v) is 7.48. The van der Waals surface area contributed by atoms with E-state index in [9.17, 15) is 10.2 Å². The predicted octanol–water partition coefficient (Wildman–Crippen LogP) is 6.51. The summed E-state index contributed by atoms with van der Waals surface area (Å²) < 4.78 is 0. The predicted molar refractivity (Wildman–Crippen MR) is 88.0 cm³/mol. The van der Waals surface area contributed by atoms with Crippen molar-refractivity contribution in [3.05, 3.63) is 44.4 Å². The topological polar surface area (TPSA) is 40.5 Å². The van der Waals surface area contributed by atoms with Crippen LogP contribution in [0.3, 0.4) is 0 Å². The van der Waals surface area contributed by atoms with Crippen LogP contribution in [0.1, 0.15) is 0 Å². The Bertz CT molecular complexity index is 607. The molecule has 2 aromatic rings. The number of phenols is 2. The summed E-state index contributed by atoms with van der Waals surface area (Å²) in [6, 6.07) is 5.85. The average Bonchev–Trinajstić information content (AvgIpc) is 2.37. The number of phenolic OH excluding ortho intramolecular Hbond substituents is 2. The van der Waals surface area contributed by atoms with Gasteiger partial charge in [-0.25, -0.2) is 0 Å². The lowest BCUT2D eigenvalue weighted by atomic mass is 10.3. The quantitative estimate of drug-likeness (QED) is 0.588. The Morgan fingerprint density at radius 3 is 1.30 bits per heavy atom. The molecule has 0 aromatic heterocycles. The molecule has 8 heteroatoms. The fourth-order valence-electron chi connectivity index (χ4n) is 1.25. The molecule has 0 unspecified atom stereocenters. The molecule has 0 bridgehead atoms. The van der Waals surface area contributed by atoms with Gasteiger partial charge in [-0.05, 0) is 24.3 Å². The summed E-state index contributed by atoms with van der Waals surface area (Å²) in [7, 11) is 2.56. The van der Waals surface area contributed by atoms with Crippen molar-refractivity contribution in [3.63, 3.8) is 0 Å². The fourth-order valence-corrected chi connectivity index (χ4v) is 4.67. The first-order chi connectivity index (χ1) is 9.38. The molecule has 0 saturated heterocycles. The Kier molecular flexibility index (Phi) is 5.51. The molecule has 2 nitrogen and oxygen atoms in total. The van der Waals surface area contributed by atoms with Crippen molar-refractivity contribution in [2.24, 2.45) is 0 Å². The van der Waals surface area contributed by atoms with Gasteiger partial charge in [0.25, 0.3) is 0 Å². The minimum Gasteiger partial charge on any atom is -0.506 e. The molecule has 20 heavy (non-hydrogen) atoms. The molecule has 0 aliphatic rings. The summed E-state index contributed by atoms with van der Waals surface area (Å²) in [5, 5.41) is 20.3. The van der Waals surface area contributed by atoms with Crippen molar-refractivity contribution in [3.8, 4) is 11.5 Å². The van der Waals surface area contributed by atoms with E-state index in [0.29, 0.717) is 19.8 Å². The third-order valence-corrected chi connectivity index (χ3v) is 6.12. The van der Waals surface area contributed by atoms with Gasteiger partial charge in [0.1, 0.15) is 11.5 Å². The first-order valence-corrected chi connectivity index (χ1v) is 8.75. The molecule has 0 saturated carbocycles. The SMILES string of the molecule is Oc1cc(SSc2cc(O)c(Cl)cc2Cl)c(Cl)cc1Cl. The first kappa shape index (κ1) is 16.3. The summed E-state index contributed by atoms with van der Waals surface area (Å²) in [4.78, 5) is 1.26. The van der Waals surface area contributed by atoms with E-state index in [0.717, 1.165) is 0 Å². The number of rotatable bonds is 3. The van der Waals surface area contributed by atoms with Crippen molar-refractivity contribution in [2.75, 3.05) is 0 Å². The molecule has 0 aliphatic carbocycles. The van der Waals surface area contributed by atoms with Gasteiger partial charge in [-0.1, -0.05) is 68.0 Å². The van der Waals surface area contributed by atoms with Gasteiger partial charge in [0.2, 0.25) is 0 Å². The Morgan fingerprint density at radius 1 is 0.600 bits per heavy atom. The normalized spacial score (nSPS) is 10.8. The lowest BCUT2D eigenvalue weighted by Gasteiger charge is -2.08. The summed E-state index contributed by atoms with van der Waals surface area (Å²) >= 11 is 23.6. The van der Waals surface area contributed by atoms with Crippen LogP contribution in [0.2, 0.25) is 20.1 Å². The highest BCUT2D eigenvalue weighted by atomic mass is 35.5. The van der Waals surface area contributed by atoms with Crippen LogP contribution in [0.15, 0.2) is 34.1 Å². The molecule has 0 fully saturated rings. The first-order valence-electron chi connectivity index (χ1n) is 5.09. The number of hydrogen-bond donors (Lipinski definition) is 2. The van der Waals surface area contributed by atoms with Gasteiger partial charge in [0, 0.05) is 9.79 Å². The Hall–Kier alpha value is -0.100. The maximum atomic E-state index is 9.56. The molecule has 0 heterocycles. The average molecular weight is 388 g/mol. The van der Waals surface area contributed by atoms with E-state index in [4.69, 9.17) is 46.4 Å². The van der Waals surface area contributed by atoms with Crippen LogP contribution in [0, 0.1) is 0 Å². The highest BCUT2D eigenvalue weighted by molar-refractivity contribution is 8.76. The maximum Gasteiger partial charge on any atom is 0.135 e. The molecule has 106 valence electrons. The standard InChI is InChI=1S/C12H6Cl4O2S2/c13-5-1-7(15)11(3-9(5)17)19-20-12-4-10(18)6(14)2-8(12)16/h1-4,17-18H. The van der Waals surface area contributed by atoms with Gasteiger partial charge in [-0.3, -0.25) is 0 Å². The van der Waals surface area contributed by atoms with Gasteiger partial charge in [-0.2, -0.15) is 0 Å². The van der Waals surface area contributed by atoms with E-state index in [2.05, 4.69) is 0 Å². The lowest BCUT2D eigenvalue weighted by molar-refractivity contribution is 0.473. The Labute approximate surface area is 143 Å². The Morgan fingerprint density at radius 2 is 0.950 bits per heavy atom. The van der Waals surface area contributed by atoms with Crippen molar-refractivity contribution in [1.29, 1.82) is 0 Å². The molecule has 2 aromatic carbocycles. The largest absolute Gasteiger partial charge is 0.506 e. The number of benzene rings is 2. The van der Waals surface area contributed by atoms with Gasteiger partial charge in [-0.15, -0.1) is 0 Å². The second-order valence-electron chi connectivity index (χ2n) is 3.63. The smallest absolute Gasteiger partial charge is 0.135 e. The van der Waals surface area contributed by atoms with Gasteiger partial charge in [0.15, 0.2) is 0 Å². The molecule has 0 aliphatic heterocycles. The number of hydrogen-bond acceptors (Lipinski definition) is 4. The van der Waals surface area contributed by atoms with Crippen molar-refractivity contribution in [2.45, 2.75) is 9.79 Å². The molecule has 2 rings (SSSR count). The third-order valence-electron chi connectivity index (χ3n) is 2.22. The second kappa shape index (κ2) is 6.77. The zero-order chi connectivity index (χ0) is 14.9. The fraction of sp³-hybridized carbons (Fsp3) is 0. The van der Waals surface area contributed by atoms with Crippen molar-refractivity contribution >= 4 is 68.0 Å². The zero-order valence-corrected chi connectivity index (χ0v) is 14.2. The summed E-state index contributed by atoms with van der Waals surface area (Å²) in [6.07, 6.45) is 0. The summed E-state index contributed by atoms with van der Waals surface area (Å²) in [6.45, 7) is 0. The molecule has 0 amide bonds. The van der Waals surface area contributed by atoms with Crippen LogP contribution in [0.5, 0.6) is 11.5 Å². The molecular formula is C12H6Cl4O2S2. The van der Waals surface area contributed by atoms with Crippen LogP contribution in [0.4, 0.5) is 0 Å². The number of halogens is 4. The highest BCUT2D eigenvalue weighted by Gasteiger charge is 2.11. The third kappa shape index (κ3) is 3.75. The van der Waals surface area contributed by atoms with Crippen LogP contribution in [0.25, 0.3) is 0 Å². The van der Waals surface area contributed by atoms with E-state index in [1.165, 1.54) is 45.9 Å². The zero-order valence-electron chi connectivity index (χ0n) is 9.53. The van der Waals surface area contributed by atoms with Crippen LogP contribution in [-0.4, -0.2) is 10.2 Å². The van der Waals surface area contributed by atoms with Crippen LogP contribution in [-0.2, 0) is 0 Å². The van der Waals surface area contributed by atoms with E-state index >= 15 is 0 Å². The van der Waals surface area contributed by atoms with Gasteiger partial charge < -0.3 is 10.2 Å². The highest BCUT2D eigenvalue weighted by Crippen LogP contribution is 2.47. The number of aromatic hydroxyl groups is 2.